The van der Waals surface area contributed by atoms with E-state index in [9.17, 15) is 19.8 Å². The van der Waals surface area contributed by atoms with Crippen molar-refractivity contribution in [2.75, 3.05) is 0 Å². The number of esters is 1. The van der Waals surface area contributed by atoms with Gasteiger partial charge < -0.3 is 24.8 Å². The number of aryl methyl sites for hydroxylation is 1. The van der Waals surface area contributed by atoms with Gasteiger partial charge in [-0.3, -0.25) is 4.79 Å². The zero-order valence-electron chi connectivity index (χ0n) is 23.0. The number of amides is 1. The molecule has 7 rings (SSSR count). The molecule has 1 amide bonds. The Morgan fingerprint density at radius 2 is 2.02 bits per heavy atom. The van der Waals surface area contributed by atoms with Gasteiger partial charge in [-0.05, 0) is 54.5 Å². The third kappa shape index (κ3) is 3.71. The van der Waals surface area contributed by atoms with E-state index in [0.717, 1.165) is 22.1 Å². The second kappa shape index (κ2) is 9.52. The van der Waals surface area contributed by atoms with Crippen LogP contribution in [0.2, 0.25) is 0 Å². The van der Waals surface area contributed by atoms with Crippen LogP contribution in [0.15, 0.2) is 42.5 Å². The molecule has 3 aliphatic rings. The Bertz CT molecular complexity index is 1910. The molecule has 8 nitrogen and oxygen atoms in total. The maximum atomic E-state index is 15.1. The van der Waals surface area contributed by atoms with E-state index in [2.05, 4.69) is 5.32 Å². The number of aromatic nitrogens is 2. The Morgan fingerprint density at radius 3 is 2.76 bits per heavy atom. The molecule has 2 aliphatic heterocycles. The highest BCUT2D eigenvalue weighted by Gasteiger charge is 2.45. The number of nitrogens with one attached hydrogen (secondary N) is 1. The van der Waals surface area contributed by atoms with Gasteiger partial charge in [-0.25, -0.2) is 14.2 Å². The molecule has 0 radical (unpaired) electrons. The monoisotopic (exact) mass is 585 g/mol. The average molecular weight is 586 g/mol. The molecule has 3 atom stereocenters. The third-order valence-electron chi connectivity index (χ3n) is 9.06. The molecule has 10 heteroatoms. The molecule has 0 saturated carbocycles. The van der Waals surface area contributed by atoms with E-state index < -0.39 is 29.6 Å². The number of hydrogen-bond acceptors (Lipinski definition) is 7. The molecule has 2 aromatic heterocycles. The largest absolute Gasteiger partial charge is 0.458 e. The van der Waals surface area contributed by atoms with E-state index >= 15 is 4.39 Å². The number of ether oxygens (including phenoxy) is 1. The highest BCUT2D eigenvalue weighted by molar-refractivity contribution is 7.71. The smallest absolute Gasteiger partial charge is 0.343 e. The molecule has 3 N–H and O–H groups in total. The van der Waals surface area contributed by atoms with Crippen molar-refractivity contribution in [2.24, 2.45) is 0 Å². The summed E-state index contributed by atoms with van der Waals surface area (Å²) in [6, 6.07) is 11.4. The topological polar surface area (TPSA) is 114 Å². The maximum absolute atomic E-state index is 15.1. The first-order chi connectivity index (χ1) is 20.1. The van der Waals surface area contributed by atoms with Gasteiger partial charge >= 0.3 is 5.97 Å². The minimum Gasteiger partial charge on any atom is -0.458 e. The fraction of sp³-hybridized carbons (Fsp3) is 0.312. The third-order valence-corrected chi connectivity index (χ3v) is 9.52. The highest BCUT2D eigenvalue weighted by atomic mass is 32.1. The molecular formula is C32H28FN3O5S. The highest BCUT2D eigenvalue weighted by Crippen LogP contribution is 2.47. The summed E-state index contributed by atoms with van der Waals surface area (Å²) in [5, 5.41) is 26.0. The second-order valence-electron chi connectivity index (χ2n) is 11.2. The van der Waals surface area contributed by atoms with Gasteiger partial charge in [0.25, 0.3) is 5.91 Å². The van der Waals surface area contributed by atoms with Crippen LogP contribution in [0, 0.1) is 17.4 Å². The van der Waals surface area contributed by atoms with Crippen molar-refractivity contribution in [3.05, 3.63) is 91.9 Å². The number of aliphatic hydroxyl groups excluding tert-OH is 1. The molecule has 4 heterocycles. The van der Waals surface area contributed by atoms with Gasteiger partial charge in [-0.15, -0.1) is 0 Å². The number of fused-ring (bicyclic) bond motifs is 5. The number of aliphatic hydroxyl groups is 2. The molecular weight excluding hydrogens is 557 g/mol. The van der Waals surface area contributed by atoms with Gasteiger partial charge in [0.15, 0.2) is 11.7 Å². The van der Waals surface area contributed by atoms with Crippen molar-refractivity contribution in [1.82, 2.24) is 14.9 Å². The maximum Gasteiger partial charge on any atom is 0.343 e. The predicted octanol–water partition coefficient (Wildman–Crippen LogP) is 4.73. The Labute approximate surface area is 245 Å². The molecule has 0 bridgehead atoms. The fourth-order valence-corrected chi connectivity index (χ4v) is 7.07. The van der Waals surface area contributed by atoms with Gasteiger partial charge in [-0.2, -0.15) is 0 Å². The molecule has 0 unspecified atom stereocenters. The number of pyridine rings is 2. The van der Waals surface area contributed by atoms with E-state index in [4.69, 9.17) is 21.9 Å². The first-order valence-corrected chi connectivity index (χ1v) is 14.4. The van der Waals surface area contributed by atoms with Crippen molar-refractivity contribution >= 4 is 35.0 Å². The van der Waals surface area contributed by atoms with E-state index in [1.807, 2.05) is 10.6 Å². The molecule has 42 heavy (non-hydrogen) atoms. The summed E-state index contributed by atoms with van der Waals surface area (Å²) in [6.45, 7) is 3.75. The van der Waals surface area contributed by atoms with Gasteiger partial charge in [0.05, 0.1) is 29.5 Å². The summed E-state index contributed by atoms with van der Waals surface area (Å²) >= 11 is 5.87. The van der Waals surface area contributed by atoms with E-state index in [1.165, 1.54) is 6.07 Å². The lowest BCUT2D eigenvalue weighted by Crippen LogP contribution is -2.41. The lowest BCUT2D eigenvalue weighted by Gasteiger charge is -2.32. The predicted molar refractivity (Wildman–Crippen MR) is 154 cm³/mol. The zero-order valence-corrected chi connectivity index (χ0v) is 23.8. The standard InChI is InChI=1S/C32H28FN3O5S/c1-3-32(40)20-11-24-27-18(13-36(24)30(42)19(20)14-41-31(32)39)26-22(35-29(38)28(37)16-7-5-4-6-8-16)10-9-17-15(2)21(33)12-23(34-27)25(17)26/h4-8,11-12,22,28,37,40H,3,9-10,13-14H2,1-2H3,(H,35,38)/t22-,28-,32-/m0/s1. The second-order valence-corrected chi connectivity index (χ2v) is 11.6. The van der Waals surface area contributed by atoms with Crippen LogP contribution < -0.4 is 5.32 Å². The summed E-state index contributed by atoms with van der Waals surface area (Å²) in [7, 11) is 0. The average Bonchev–Trinajstić information content (AvgIpc) is 3.37. The van der Waals surface area contributed by atoms with Gasteiger partial charge in [0.1, 0.15) is 17.1 Å². The van der Waals surface area contributed by atoms with Crippen LogP contribution in [0.1, 0.15) is 70.9 Å². The van der Waals surface area contributed by atoms with Crippen molar-refractivity contribution < 1.29 is 28.9 Å². The fourth-order valence-electron chi connectivity index (χ4n) is 6.74. The van der Waals surface area contributed by atoms with E-state index in [0.29, 0.717) is 63.2 Å². The number of rotatable bonds is 4. The summed E-state index contributed by atoms with van der Waals surface area (Å²) < 4.78 is 22.8. The van der Waals surface area contributed by atoms with Crippen LogP contribution in [0.4, 0.5) is 4.39 Å². The Morgan fingerprint density at radius 1 is 1.26 bits per heavy atom. The molecule has 0 saturated heterocycles. The van der Waals surface area contributed by atoms with Gasteiger partial charge in [-0.1, -0.05) is 49.5 Å². The quantitative estimate of drug-likeness (QED) is 0.206. The molecule has 0 spiro atoms. The minimum absolute atomic E-state index is 0.0428. The number of halogens is 1. The number of nitrogens with zero attached hydrogens (tertiary/aromatic N) is 2. The van der Waals surface area contributed by atoms with Crippen LogP contribution in [-0.2, 0) is 39.5 Å². The number of hydrogen-bond donors (Lipinski definition) is 3. The number of carbonyl (C=O) groups excluding carboxylic acids is 2. The van der Waals surface area contributed by atoms with Crippen molar-refractivity contribution in [1.29, 1.82) is 0 Å². The molecule has 4 aromatic rings. The van der Waals surface area contributed by atoms with Crippen LogP contribution in [0.3, 0.4) is 0 Å². The van der Waals surface area contributed by atoms with E-state index in [1.54, 1.807) is 44.2 Å². The normalized spacial score (nSPS) is 20.9. The van der Waals surface area contributed by atoms with Gasteiger partial charge in [0.2, 0.25) is 0 Å². The molecule has 214 valence electrons. The van der Waals surface area contributed by atoms with Crippen molar-refractivity contribution in [3.63, 3.8) is 0 Å². The summed E-state index contributed by atoms with van der Waals surface area (Å²) in [5.41, 5.74) is 4.27. The summed E-state index contributed by atoms with van der Waals surface area (Å²) in [6.07, 6.45) is -0.211. The first kappa shape index (κ1) is 26.9. The van der Waals surface area contributed by atoms with Gasteiger partial charge in [0, 0.05) is 28.1 Å². The Kier molecular flexibility index (Phi) is 6.09. The number of benzene rings is 2. The van der Waals surface area contributed by atoms with Crippen LogP contribution in [0.5, 0.6) is 0 Å². The molecule has 2 aromatic carbocycles. The van der Waals surface area contributed by atoms with Crippen molar-refractivity contribution in [3.8, 4) is 11.4 Å². The first-order valence-electron chi connectivity index (χ1n) is 14.0. The number of carbonyl (C=O) groups is 2. The Hall–Kier alpha value is -3.99. The SMILES string of the molecule is CC[C@@]1(O)C(=O)OCc2c1cc1n(c2=S)Cc2c-1nc1cc(F)c(C)c3c1c2[C@@H](NC(=O)[C@@H](O)c1ccccc1)CC3. The lowest BCUT2D eigenvalue weighted by atomic mass is 9.81. The molecule has 0 fully saturated rings. The van der Waals surface area contributed by atoms with Crippen LogP contribution >= 0.6 is 12.2 Å². The van der Waals surface area contributed by atoms with E-state index in [-0.39, 0.29) is 18.8 Å². The lowest BCUT2D eigenvalue weighted by molar-refractivity contribution is -0.172. The zero-order chi connectivity index (χ0) is 29.5. The molecule has 1 aliphatic carbocycles. The summed E-state index contributed by atoms with van der Waals surface area (Å²) in [4.78, 5) is 30.9. The van der Waals surface area contributed by atoms with Crippen LogP contribution in [0.25, 0.3) is 22.3 Å². The van der Waals surface area contributed by atoms with Crippen LogP contribution in [-0.4, -0.2) is 31.6 Å². The Balaban J connectivity index is 1.42. The van der Waals surface area contributed by atoms with Crippen molar-refractivity contribution in [2.45, 2.75) is 64.0 Å². The summed E-state index contributed by atoms with van der Waals surface area (Å²) in [5.74, 6) is -1.61. The minimum atomic E-state index is -1.84. The number of cyclic esters (lactones) is 1.